The van der Waals surface area contributed by atoms with Crippen molar-refractivity contribution < 1.29 is 0 Å². The SMILES string of the molecule is CCCCc1nc2c(s1)C(NC)CCC2. The lowest BCUT2D eigenvalue weighted by molar-refractivity contribution is 0.500. The van der Waals surface area contributed by atoms with E-state index in [9.17, 15) is 0 Å². The molecule has 1 atom stereocenters. The number of hydrogen-bond donors (Lipinski definition) is 1. The van der Waals surface area contributed by atoms with Gasteiger partial charge >= 0.3 is 0 Å². The molecule has 1 aliphatic rings. The van der Waals surface area contributed by atoms with E-state index < -0.39 is 0 Å². The molecule has 2 rings (SSSR count). The predicted molar refractivity (Wildman–Crippen MR) is 65.5 cm³/mol. The fourth-order valence-corrected chi connectivity index (χ4v) is 3.48. The van der Waals surface area contributed by atoms with Gasteiger partial charge in [-0.1, -0.05) is 13.3 Å². The summed E-state index contributed by atoms with van der Waals surface area (Å²) in [4.78, 5) is 6.27. The summed E-state index contributed by atoms with van der Waals surface area (Å²) in [6, 6.07) is 0.571. The second kappa shape index (κ2) is 5.08. The second-order valence-corrected chi connectivity index (χ2v) is 5.37. The molecule has 1 unspecified atom stereocenters. The van der Waals surface area contributed by atoms with E-state index in [2.05, 4.69) is 19.3 Å². The Morgan fingerprint density at radius 3 is 3.13 bits per heavy atom. The van der Waals surface area contributed by atoms with Gasteiger partial charge in [0.25, 0.3) is 0 Å². The van der Waals surface area contributed by atoms with Crippen LogP contribution in [-0.2, 0) is 12.8 Å². The molecule has 0 amide bonds. The molecule has 0 aliphatic heterocycles. The number of unbranched alkanes of at least 4 members (excludes halogenated alkanes) is 1. The highest BCUT2D eigenvalue weighted by molar-refractivity contribution is 7.11. The van der Waals surface area contributed by atoms with Crippen molar-refractivity contribution >= 4 is 11.3 Å². The Hall–Kier alpha value is -0.410. The summed E-state index contributed by atoms with van der Waals surface area (Å²) in [5.41, 5.74) is 1.37. The quantitative estimate of drug-likeness (QED) is 0.850. The van der Waals surface area contributed by atoms with Gasteiger partial charge in [-0.3, -0.25) is 0 Å². The van der Waals surface area contributed by atoms with Gasteiger partial charge in [-0.2, -0.15) is 0 Å². The highest BCUT2D eigenvalue weighted by atomic mass is 32.1. The van der Waals surface area contributed by atoms with E-state index in [1.165, 1.54) is 54.1 Å². The summed E-state index contributed by atoms with van der Waals surface area (Å²) >= 11 is 1.93. The van der Waals surface area contributed by atoms with Crippen molar-refractivity contribution in [1.82, 2.24) is 10.3 Å². The number of aryl methyl sites for hydroxylation is 2. The van der Waals surface area contributed by atoms with E-state index in [1.807, 2.05) is 11.3 Å². The normalized spacial score (nSPS) is 20.3. The highest BCUT2D eigenvalue weighted by Gasteiger charge is 2.22. The van der Waals surface area contributed by atoms with Gasteiger partial charge in [0.15, 0.2) is 0 Å². The Balaban J connectivity index is 2.14. The number of aromatic nitrogens is 1. The molecule has 0 saturated heterocycles. The van der Waals surface area contributed by atoms with Crippen LogP contribution in [0.3, 0.4) is 0 Å². The zero-order chi connectivity index (χ0) is 10.7. The van der Waals surface area contributed by atoms with Gasteiger partial charge < -0.3 is 5.32 Å². The third-order valence-corrected chi connectivity index (χ3v) is 4.36. The number of rotatable bonds is 4. The molecule has 1 aromatic rings. The summed E-state index contributed by atoms with van der Waals surface area (Å²) in [6.07, 6.45) is 7.46. The molecule has 3 heteroatoms. The lowest BCUT2D eigenvalue weighted by atomic mass is 9.98. The van der Waals surface area contributed by atoms with Crippen molar-refractivity contribution in [2.75, 3.05) is 7.05 Å². The fourth-order valence-electron chi connectivity index (χ4n) is 2.18. The smallest absolute Gasteiger partial charge is 0.0931 e. The summed E-state index contributed by atoms with van der Waals surface area (Å²) in [5.74, 6) is 0. The molecule has 1 aliphatic carbocycles. The van der Waals surface area contributed by atoms with Crippen LogP contribution in [0.1, 0.15) is 54.2 Å². The summed E-state index contributed by atoms with van der Waals surface area (Å²) in [7, 11) is 2.06. The largest absolute Gasteiger partial charge is 0.312 e. The van der Waals surface area contributed by atoms with Crippen LogP contribution in [0.5, 0.6) is 0 Å². The van der Waals surface area contributed by atoms with Crippen molar-refractivity contribution in [2.24, 2.45) is 0 Å². The maximum Gasteiger partial charge on any atom is 0.0931 e. The number of nitrogens with one attached hydrogen (secondary N) is 1. The second-order valence-electron chi connectivity index (χ2n) is 4.26. The van der Waals surface area contributed by atoms with Crippen molar-refractivity contribution in [3.8, 4) is 0 Å². The van der Waals surface area contributed by atoms with Crippen molar-refractivity contribution in [2.45, 2.75) is 51.5 Å². The zero-order valence-corrected chi connectivity index (χ0v) is 10.5. The van der Waals surface area contributed by atoms with Gasteiger partial charge in [0.1, 0.15) is 0 Å². The minimum atomic E-state index is 0.571. The Bertz CT molecular complexity index is 319. The first kappa shape index (κ1) is 11.1. The molecule has 0 spiro atoms. The molecule has 1 aromatic heterocycles. The summed E-state index contributed by atoms with van der Waals surface area (Å²) < 4.78 is 0. The average Bonchev–Trinajstić information content (AvgIpc) is 2.68. The topological polar surface area (TPSA) is 24.9 Å². The molecule has 15 heavy (non-hydrogen) atoms. The standard InChI is InChI=1S/C12H20N2S/c1-3-4-8-11-14-10-7-5-6-9(13-2)12(10)15-11/h9,13H,3-8H2,1-2H3. The third-order valence-electron chi connectivity index (χ3n) is 3.09. The van der Waals surface area contributed by atoms with Gasteiger partial charge in [0.2, 0.25) is 0 Å². The minimum Gasteiger partial charge on any atom is -0.312 e. The molecular weight excluding hydrogens is 204 g/mol. The van der Waals surface area contributed by atoms with Crippen molar-refractivity contribution in [3.05, 3.63) is 15.6 Å². The molecule has 0 saturated carbocycles. The highest BCUT2D eigenvalue weighted by Crippen LogP contribution is 2.34. The van der Waals surface area contributed by atoms with Crippen molar-refractivity contribution in [1.29, 1.82) is 0 Å². The Morgan fingerprint density at radius 1 is 1.53 bits per heavy atom. The summed E-state index contributed by atoms with van der Waals surface area (Å²) in [5, 5.41) is 4.75. The molecule has 0 radical (unpaired) electrons. The molecule has 0 bridgehead atoms. The molecule has 1 N–H and O–H groups in total. The average molecular weight is 224 g/mol. The Morgan fingerprint density at radius 2 is 2.40 bits per heavy atom. The van der Waals surface area contributed by atoms with Crippen LogP contribution in [0.25, 0.3) is 0 Å². The molecule has 2 nitrogen and oxygen atoms in total. The van der Waals surface area contributed by atoms with E-state index >= 15 is 0 Å². The van der Waals surface area contributed by atoms with Crippen molar-refractivity contribution in [3.63, 3.8) is 0 Å². The van der Waals surface area contributed by atoms with Gasteiger partial charge in [0.05, 0.1) is 10.7 Å². The summed E-state index contributed by atoms with van der Waals surface area (Å²) in [6.45, 7) is 2.24. The molecule has 0 fully saturated rings. The lowest BCUT2D eigenvalue weighted by Crippen LogP contribution is -2.19. The van der Waals surface area contributed by atoms with Gasteiger partial charge in [-0.05, 0) is 39.2 Å². The van der Waals surface area contributed by atoms with Gasteiger partial charge in [-0.15, -0.1) is 11.3 Å². The van der Waals surface area contributed by atoms with Gasteiger partial charge in [0, 0.05) is 10.9 Å². The first-order valence-corrected chi connectivity index (χ1v) is 6.82. The van der Waals surface area contributed by atoms with Crippen LogP contribution < -0.4 is 5.32 Å². The molecule has 1 heterocycles. The Labute approximate surface area is 96.1 Å². The van der Waals surface area contributed by atoms with E-state index in [-0.39, 0.29) is 0 Å². The minimum absolute atomic E-state index is 0.571. The van der Waals surface area contributed by atoms with Gasteiger partial charge in [-0.25, -0.2) is 4.98 Å². The fraction of sp³-hybridized carbons (Fsp3) is 0.750. The monoisotopic (exact) mass is 224 g/mol. The number of hydrogen-bond acceptors (Lipinski definition) is 3. The van der Waals surface area contributed by atoms with Crippen LogP contribution in [-0.4, -0.2) is 12.0 Å². The predicted octanol–water partition coefficient (Wildman–Crippen LogP) is 3.08. The van der Waals surface area contributed by atoms with Crippen LogP contribution in [0.15, 0.2) is 0 Å². The van der Waals surface area contributed by atoms with E-state index in [0.717, 1.165) is 0 Å². The Kier molecular flexibility index (Phi) is 3.76. The van der Waals surface area contributed by atoms with E-state index in [4.69, 9.17) is 4.98 Å². The molecule has 0 aromatic carbocycles. The lowest BCUT2D eigenvalue weighted by Gasteiger charge is -2.20. The third kappa shape index (κ3) is 2.40. The van der Waals surface area contributed by atoms with Crippen LogP contribution in [0, 0.1) is 0 Å². The number of nitrogens with zero attached hydrogens (tertiary/aromatic N) is 1. The first-order valence-electron chi connectivity index (χ1n) is 6.01. The number of thiazole rings is 1. The van der Waals surface area contributed by atoms with Crippen LogP contribution >= 0.6 is 11.3 Å². The van der Waals surface area contributed by atoms with E-state index in [0.29, 0.717) is 6.04 Å². The van der Waals surface area contributed by atoms with Crippen LogP contribution in [0.2, 0.25) is 0 Å². The maximum absolute atomic E-state index is 4.77. The molecule has 84 valence electrons. The first-order chi connectivity index (χ1) is 7.35. The maximum atomic E-state index is 4.77. The number of fused-ring (bicyclic) bond motifs is 1. The van der Waals surface area contributed by atoms with E-state index in [1.54, 1.807) is 0 Å². The zero-order valence-electron chi connectivity index (χ0n) is 9.68. The molecular formula is C12H20N2S. The van der Waals surface area contributed by atoms with Crippen LogP contribution in [0.4, 0.5) is 0 Å².